The fraction of sp³-hybridized carbons (Fsp3) is 0.259. The van der Waals surface area contributed by atoms with Crippen LogP contribution in [0.25, 0.3) is 0 Å². The van der Waals surface area contributed by atoms with Crippen molar-refractivity contribution in [3.05, 3.63) is 93.5 Å². The van der Waals surface area contributed by atoms with Gasteiger partial charge in [0.25, 0.3) is 0 Å². The number of carbonyl (C=O) groups excluding carboxylic acids is 2. The average molecular weight is 515 g/mol. The lowest BCUT2D eigenvalue weighted by molar-refractivity contribution is -0.140. The van der Waals surface area contributed by atoms with E-state index in [1.165, 1.54) is 0 Å². The normalized spacial score (nSPS) is 11.5. The highest BCUT2D eigenvalue weighted by Crippen LogP contribution is 2.28. The van der Waals surface area contributed by atoms with Gasteiger partial charge in [0, 0.05) is 23.1 Å². The first kappa shape index (κ1) is 26.4. The van der Waals surface area contributed by atoms with E-state index in [2.05, 4.69) is 5.32 Å². The molecular formula is C27H28Cl2N2O4. The summed E-state index contributed by atoms with van der Waals surface area (Å²) in [5, 5.41) is 3.87. The molecule has 8 heteroatoms. The quantitative estimate of drug-likeness (QED) is 0.399. The van der Waals surface area contributed by atoms with Crippen molar-refractivity contribution in [2.24, 2.45) is 0 Å². The lowest BCUT2D eigenvalue weighted by Gasteiger charge is -2.29. The fourth-order valence-electron chi connectivity index (χ4n) is 3.62. The Kier molecular flexibility index (Phi) is 9.40. The zero-order chi connectivity index (χ0) is 25.4. The minimum atomic E-state index is -0.714. The number of amides is 2. The molecule has 0 radical (unpaired) electrons. The SMILES string of the molecule is COc1ccc(CC(=O)N(Cc2ccccc2)[C@@H](C)C(=O)NCc2ccc(Cl)cc2Cl)cc1OC. The molecule has 0 bridgehead atoms. The summed E-state index contributed by atoms with van der Waals surface area (Å²) in [5.41, 5.74) is 2.42. The number of ether oxygens (including phenoxy) is 2. The molecule has 6 nitrogen and oxygen atoms in total. The van der Waals surface area contributed by atoms with Crippen LogP contribution in [0.5, 0.6) is 11.5 Å². The molecule has 2 amide bonds. The molecule has 0 saturated carbocycles. The Bertz CT molecular complexity index is 1170. The number of methoxy groups -OCH3 is 2. The topological polar surface area (TPSA) is 67.9 Å². The number of carbonyl (C=O) groups is 2. The van der Waals surface area contributed by atoms with Gasteiger partial charge < -0.3 is 19.7 Å². The van der Waals surface area contributed by atoms with Crippen LogP contribution in [0.15, 0.2) is 66.7 Å². The van der Waals surface area contributed by atoms with Crippen LogP contribution < -0.4 is 14.8 Å². The highest BCUT2D eigenvalue weighted by atomic mass is 35.5. The maximum Gasteiger partial charge on any atom is 0.242 e. The van der Waals surface area contributed by atoms with Gasteiger partial charge in [-0.2, -0.15) is 0 Å². The molecule has 0 aliphatic rings. The van der Waals surface area contributed by atoms with E-state index in [0.717, 1.165) is 16.7 Å². The zero-order valence-electron chi connectivity index (χ0n) is 19.9. The summed E-state index contributed by atoms with van der Waals surface area (Å²) in [6.45, 7) is 2.24. The molecule has 35 heavy (non-hydrogen) atoms. The van der Waals surface area contributed by atoms with Crippen LogP contribution in [0.4, 0.5) is 0 Å². The molecule has 0 aliphatic heterocycles. The summed E-state index contributed by atoms with van der Waals surface area (Å²) in [7, 11) is 3.10. The first-order chi connectivity index (χ1) is 16.8. The molecule has 1 N–H and O–H groups in total. The van der Waals surface area contributed by atoms with Gasteiger partial charge in [-0.15, -0.1) is 0 Å². The Labute approximate surface area is 215 Å². The molecule has 0 spiro atoms. The van der Waals surface area contributed by atoms with E-state index >= 15 is 0 Å². The lowest BCUT2D eigenvalue weighted by Crippen LogP contribution is -2.48. The van der Waals surface area contributed by atoms with Crippen molar-refractivity contribution in [2.45, 2.75) is 32.5 Å². The average Bonchev–Trinajstić information content (AvgIpc) is 2.86. The van der Waals surface area contributed by atoms with E-state index in [9.17, 15) is 9.59 Å². The summed E-state index contributed by atoms with van der Waals surface area (Å²) in [5.74, 6) is 0.650. The maximum atomic E-state index is 13.4. The van der Waals surface area contributed by atoms with E-state index in [4.69, 9.17) is 32.7 Å². The van der Waals surface area contributed by atoms with Crippen LogP contribution in [-0.2, 0) is 29.1 Å². The predicted molar refractivity (Wildman–Crippen MR) is 138 cm³/mol. The highest BCUT2D eigenvalue weighted by Gasteiger charge is 2.26. The first-order valence-electron chi connectivity index (χ1n) is 11.1. The molecule has 0 aliphatic carbocycles. The molecule has 0 saturated heterocycles. The van der Waals surface area contributed by atoms with E-state index in [1.54, 1.807) is 56.4 Å². The van der Waals surface area contributed by atoms with Gasteiger partial charge >= 0.3 is 0 Å². The highest BCUT2D eigenvalue weighted by molar-refractivity contribution is 6.35. The number of hydrogen-bond acceptors (Lipinski definition) is 4. The minimum absolute atomic E-state index is 0.105. The summed E-state index contributed by atoms with van der Waals surface area (Å²) in [6, 6.07) is 19.3. The van der Waals surface area contributed by atoms with Gasteiger partial charge in [-0.05, 0) is 47.9 Å². The number of halogens is 2. The Morgan fingerprint density at radius 1 is 0.914 bits per heavy atom. The van der Waals surface area contributed by atoms with E-state index in [1.807, 2.05) is 36.4 Å². The monoisotopic (exact) mass is 514 g/mol. The number of hydrogen-bond donors (Lipinski definition) is 1. The summed E-state index contributed by atoms with van der Waals surface area (Å²) >= 11 is 12.2. The molecule has 3 aromatic rings. The molecule has 184 valence electrons. The van der Waals surface area contributed by atoms with Crippen molar-refractivity contribution in [1.82, 2.24) is 10.2 Å². The van der Waals surface area contributed by atoms with Gasteiger partial charge in [-0.1, -0.05) is 65.7 Å². The number of nitrogens with zero attached hydrogens (tertiary/aromatic N) is 1. The van der Waals surface area contributed by atoms with Crippen LogP contribution in [0.1, 0.15) is 23.6 Å². The Hall–Kier alpha value is -3.22. The summed E-state index contributed by atoms with van der Waals surface area (Å²) in [4.78, 5) is 28.1. The van der Waals surface area contributed by atoms with Crippen molar-refractivity contribution in [3.63, 3.8) is 0 Å². The third-order valence-corrected chi connectivity index (χ3v) is 6.22. The van der Waals surface area contributed by atoms with Gasteiger partial charge in [0.2, 0.25) is 11.8 Å². The van der Waals surface area contributed by atoms with Crippen LogP contribution >= 0.6 is 23.2 Å². The third-order valence-electron chi connectivity index (χ3n) is 5.63. The van der Waals surface area contributed by atoms with Crippen molar-refractivity contribution >= 4 is 35.0 Å². The number of nitrogens with one attached hydrogen (secondary N) is 1. The fourth-order valence-corrected chi connectivity index (χ4v) is 4.10. The van der Waals surface area contributed by atoms with Crippen LogP contribution in [-0.4, -0.2) is 37.0 Å². The summed E-state index contributed by atoms with van der Waals surface area (Å²) < 4.78 is 10.6. The van der Waals surface area contributed by atoms with Gasteiger partial charge in [-0.3, -0.25) is 9.59 Å². The van der Waals surface area contributed by atoms with E-state index in [-0.39, 0.29) is 24.8 Å². The molecule has 0 unspecified atom stereocenters. The number of benzene rings is 3. The number of rotatable bonds is 10. The van der Waals surface area contributed by atoms with Crippen molar-refractivity contribution < 1.29 is 19.1 Å². The standard InChI is InChI=1S/C27H28Cl2N2O4/c1-18(27(33)30-16-21-10-11-22(28)15-23(21)29)31(17-19-7-5-4-6-8-19)26(32)14-20-9-12-24(34-2)25(13-20)35-3/h4-13,15,18H,14,16-17H2,1-3H3,(H,30,33)/t18-/m0/s1. The second-order valence-corrected chi connectivity index (χ2v) is 8.85. The molecule has 0 heterocycles. The van der Waals surface area contributed by atoms with Gasteiger partial charge in [0.15, 0.2) is 11.5 Å². The second-order valence-electron chi connectivity index (χ2n) is 8.00. The van der Waals surface area contributed by atoms with Gasteiger partial charge in [0.05, 0.1) is 20.6 Å². The van der Waals surface area contributed by atoms with E-state index in [0.29, 0.717) is 28.1 Å². The summed E-state index contributed by atoms with van der Waals surface area (Å²) in [6.07, 6.45) is 0.105. The van der Waals surface area contributed by atoms with Crippen LogP contribution in [0, 0.1) is 0 Å². The Balaban J connectivity index is 1.77. The second kappa shape index (κ2) is 12.5. The van der Waals surface area contributed by atoms with Crippen molar-refractivity contribution in [1.29, 1.82) is 0 Å². The Morgan fingerprint density at radius 2 is 1.63 bits per heavy atom. The minimum Gasteiger partial charge on any atom is -0.493 e. The smallest absolute Gasteiger partial charge is 0.242 e. The third kappa shape index (κ3) is 7.13. The van der Waals surface area contributed by atoms with Crippen molar-refractivity contribution in [2.75, 3.05) is 14.2 Å². The zero-order valence-corrected chi connectivity index (χ0v) is 21.4. The molecular weight excluding hydrogens is 487 g/mol. The first-order valence-corrected chi connectivity index (χ1v) is 11.8. The van der Waals surface area contributed by atoms with Gasteiger partial charge in [-0.25, -0.2) is 0 Å². The molecule has 0 fully saturated rings. The molecule has 3 rings (SSSR count). The Morgan fingerprint density at radius 3 is 2.29 bits per heavy atom. The molecule has 3 aromatic carbocycles. The van der Waals surface area contributed by atoms with Crippen LogP contribution in [0.3, 0.4) is 0 Å². The molecule has 0 aromatic heterocycles. The lowest BCUT2D eigenvalue weighted by atomic mass is 10.1. The predicted octanol–water partition coefficient (Wildman–Crippen LogP) is 5.29. The largest absolute Gasteiger partial charge is 0.493 e. The maximum absolute atomic E-state index is 13.4. The van der Waals surface area contributed by atoms with Crippen molar-refractivity contribution in [3.8, 4) is 11.5 Å². The van der Waals surface area contributed by atoms with E-state index < -0.39 is 6.04 Å². The molecule has 1 atom stereocenters. The van der Waals surface area contributed by atoms with Gasteiger partial charge in [0.1, 0.15) is 6.04 Å². The van der Waals surface area contributed by atoms with Crippen LogP contribution in [0.2, 0.25) is 10.0 Å².